The lowest BCUT2D eigenvalue weighted by atomic mass is 9.91. The Morgan fingerprint density at radius 1 is 0.977 bits per heavy atom. The number of nitrogens with zero attached hydrogens (tertiary/aromatic N) is 4. The first-order valence-corrected chi connectivity index (χ1v) is 16.3. The second-order valence-electron chi connectivity index (χ2n) is 10.2. The number of fused-ring (bicyclic) bond motifs is 1. The molecule has 1 N–H and O–H groups in total. The number of benzene rings is 2. The second kappa shape index (κ2) is 20.1. The largest absolute Gasteiger partial charge is 0.370 e. The number of nitriles is 1. The van der Waals surface area contributed by atoms with E-state index >= 15 is 0 Å². The molecule has 0 aliphatic carbocycles. The van der Waals surface area contributed by atoms with Gasteiger partial charge in [-0.05, 0) is 81.6 Å². The smallest absolute Gasteiger partial charge is 0.173 e. The van der Waals surface area contributed by atoms with Crippen LogP contribution in [-0.2, 0) is 29.0 Å². The number of hydrogen-bond acceptors (Lipinski definition) is 8. The van der Waals surface area contributed by atoms with Crippen LogP contribution in [0.2, 0.25) is 0 Å². The molecule has 0 radical (unpaired) electrons. The molecule has 2 saturated heterocycles. The van der Waals surface area contributed by atoms with Crippen LogP contribution < -0.4 is 10.2 Å². The van der Waals surface area contributed by atoms with Crippen molar-refractivity contribution in [2.75, 3.05) is 51.8 Å². The molecular weight excluding hydrogens is 538 g/mol. The van der Waals surface area contributed by atoms with Crippen LogP contribution >= 0.6 is 0 Å². The maximum atomic E-state index is 9.06. The molecule has 0 bridgehead atoms. The Balaban J connectivity index is 0.00000101. The van der Waals surface area contributed by atoms with Crippen LogP contribution in [0.5, 0.6) is 0 Å². The molecule has 238 valence electrons. The number of hydrogen-bond donors (Lipinski definition) is 1. The van der Waals surface area contributed by atoms with Crippen LogP contribution in [0, 0.1) is 17.2 Å². The van der Waals surface area contributed by atoms with E-state index in [0.717, 1.165) is 85.7 Å². The van der Waals surface area contributed by atoms with E-state index in [2.05, 4.69) is 45.5 Å². The highest BCUT2D eigenvalue weighted by Crippen LogP contribution is 2.33. The summed E-state index contributed by atoms with van der Waals surface area (Å²) < 4.78 is 17.2. The van der Waals surface area contributed by atoms with Gasteiger partial charge in [-0.2, -0.15) is 5.26 Å². The molecule has 0 atom stereocenters. The van der Waals surface area contributed by atoms with Gasteiger partial charge in [-0.3, -0.25) is 4.90 Å². The summed E-state index contributed by atoms with van der Waals surface area (Å²) in [6.07, 6.45) is 4.44. The Morgan fingerprint density at radius 2 is 1.63 bits per heavy atom. The molecule has 3 aromatic rings. The Morgan fingerprint density at radius 3 is 2.23 bits per heavy atom. The SMILES string of the molecule is CC.CC.CC.CNCc1c(N(C)Cc2ccc(C#N)cc2)ccc2c(CCC3CCN(CC4OCCO4)CC3)noc12. The van der Waals surface area contributed by atoms with E-state index < -0.39 is 0 Å². The fourth-order valence-corrected chi connectivity index (χ4v) is 5.55. The zero-order valence-corrected chi connectivity index (χ0v) is 27.9. The van der Waals surface area contributed by atoms with Gasteiger partial charge in [0.25, 0.3) is 0 Å². The third-order valence-corrected chi connectivity index (χ3v) is 7.66. The van der Waals surface area contributed by atoms with Crippen LogP contribution in [0.25, 0.3) is 11.0 Å². The van der Waals surface area contributed by atoms with Gasteiger partial charge in [0.1, 0.15) is 0 Å². The molecule has 2 aromatic carbocycles. The summed E-state index contributed by atoms with van der Waals surface area (Å²) in [5, 5.41) is 18.0. The molecule has 0 amide bonds. The van der Waals surface area contributed by atoms with Crippen LogP contribution in [0.15, 0.2) is 40.9 Å². The van der Waals surface area contributed by atoms with Gasteiger partial charge < -0.3 is 24.2 Å². The van der Waals surface area contributed by atoms with E-state index in [1.165, 1.54) is 12.8 Å². The number of aryl methyl sites for hydroxylation is 1. The maximum absolute atomic E-state index is 9.06. The first kappa shape index (κ1) is 36.2. The van der Waals surface area contributed by atoms with Crippen molar-refractivity contribution in [3.8, 4) is 6.07 Å². The zero-order chi connectivity index (χ0) is 31.6. The normalized spacial score (nSPS) is 15.4. The van der Waals surface area contributed by atoms with E-state index in [9.17, 15) is 0 Å². The first-order chi connectivity index (χ1) is 21.1. The molecule has 8 heteroatoms. The van der Waals surface area contributed by atoms with Gasteiger partial charge in [0.05, 0.1) is 30.5 Å². The Labute approximate surface area is 260 Å². The van der Waals surface area contributed by atoms with Crippen LogP contribution in [-0.4, -0.2) is 63.3 Å². The van der Waals surface area contributed by atoms with Gasteiger partial charge >= 0.3 is 0 Å². The molecule has 2 aliphatic rings. The van der Waals surface area contributed by atoms with E-state index in [0.29, 0.717) is 18.0 Å². The first-order valence-electron chi connectivity index (χ1n) is 16.3. The Bertz CT molecular complexity index is 1210. The number of anilines is 1. The molecule has 43 heavy (non-hydrogen) atoms. The predicted molar refractivity (Wildman–Crippen MR) is 177 cm³/mol. The topological polar surface area (TPSA) is 86.8 Å². The molecule has 3 heterocycles. The number of piperidine rings is 1. The van der Waals surface area contributed by atoms with Crippen molar-refractivity contribution >= 4 is 16.7 Å². The molecule has 2 aliphatic heterocycles. The molecule has 5 rings (SSSR count). The van der Waals surface area contributed by atoms with Crippen molar-refractivity contribution in [1.82, 2.24) is 15.4 Å². The fourth-order valence-electron chi connectivity index (χ4n) is 5.55. The van der Waals surface area contributed by atoms with Gasteiger partial charge in [0.2, 0.25) is 0 Å². The second-order valence-corrected chi connectivity index (χ2v) is 10.2. The van der Waals surface area contributed by atoms with Gasteiger partial charge in [-0.15, -0.1) is 0 Å². The highest BCUT2D eigenvalue weighted by atomic mass is 16.7. The maximum Gasteiger partial charge on any atom is 0.173 e. The highest BCUT2D eigenvalue weighted by molar-refractivity contribution is 5.87. The van der Waals surface area contributed by atoms with Crippen molar-refractivity contribution in [3.05, 3.63) is 58.8 Å². The van der Waals surface area contributed by atoms with E-state index in [1.54, 1.807) is 0 Å². The quantitative estimate of drug-likeness (QED) is 0.265. The minimum absolute atomic E-state index is 0.0436. The highest BCUT2D eigenvalue weighted by Gasteiger charge is 2.25. The van der Waals surface area contributed by atoms with Gasteiger partial charge in [-0.1, -0.05) is 58.8 Å². The number of rotatable bonds is 10. The summed E-state index contributed by atoms with van der Waals surface area (Å²) in [4.78, 5) is 4.70. The average molecular weight is 594 g/mol. The summed E-state index contributed by atoms with van der Waals surface area (Å²) in [6.45, 7) is 18.0. The molecule has 1 aromatic heterocycles. The third kappa shape index (κ3) is 10.3. The Hall–Kier alpha value is -2.96. The number of ether oxygens (including phenoxy) is 2. The standard InChI is InChI=1S/C29H37N5O3.3C2H6/c1-31-18-25-27(33(2)19-23-5-3-22(17-30)4-6-23)10-8-24-26(32-37-29(24)25)9-7-21-11-13-34(14-12-21)20-28-35-15-16-36-28;3*1-2/h3-6,8,10,21,28,31H,7,9,11-16,18-20H2,1-2H3;3*1-2H3. The van der Waals surface area contributed by atoms with Crippen molar-refractivity contribution in [3.63, 3.8) is 0 Å². The van der Waals surface area contributed by atoms with Gasteiger partial charge in [-0.25, -0.2) is 0 Å². The van der Waals surface area contributed by atoms with Crippen molar-refractivity contribution in [2.45, 2.75) is 86.6 Å². The molecule has 0 unspecified atom stereocenters. The predicted octanol–water partition coefficient (Wildman–Crippen LogP) is 7.15. The van der Waals surface area contributed by atoms with Crippen molar-refractivity contribution in [2.24, 2.45) is 5.92 Å². The van der Waals surface area contributed by atoms with Crippen LogP contribution in [0.4, 0.5) is 5.69 Å². The lowest BCUT2D eigenvalue weighted by Gasteiger charge is -2.32. The third-order valence-electron chi connectivity index (χ3n) is 7.66. The molecule has 8 nitrogen and oxygen atoms in total. The van der Waals surface area contributed by atoms with E-state index in [4.69, 9.17) is 19.3 Å². The molecular formula is C35H55N5O3. The minimum Gasteiger partial charge on any atom is -0.370 e. The fraction of sp³-hybridized carbons (Fsp3) is 0.600. The summed E-state index contributed by atoms with van der Waals surface area (Å²) in [5.74, 6) is 0.711. The number of nitrogens with one attached hydrogen (secondary N) is 1. The monoisotopic (exact) mass is 593 g/mol. The summed E-state index contributed by atoms with van der Waals surface area (Å²) in [7, 11) is 4.05. The lowest BCUT2D eigenvalue weighted by molar-refractivity contribution is -0.0661. The minimum atomic E-state index is -0.0436. The summed E-state index contributed by atoms with van der Waals surface area (Å²) in [5.41, 5.74) is 6.01. The number of likely N-dealkylation sites (tertiary alicyclic amines) is 1. The molecule has 0 saturated carbocycles. The van der Waals surface area contributed by atoms with Crippen LogP contribution in [0.1, 0.15) is 83.2 Å². The Kier molecular flexibility index (Phi) is 16.9. The summed E-state index contributed by atoms with van der Waals surface area (Å²) >= 11 is 0. The van der Waals surface area contributed by atoms with Gasteiger partial charge in [0, 0.05) is 43.3 Å². The lowest BCUT2D eigenvalue weighted by Crippen LogP contribution is -2.39. The number of aromatic nitrogens is 1. The zero-order valence-electron chi connectivity index (χ0n) is 27.9. The van der Waals surface area contributed by atoms with Crippen molar-refractivity contribution < 1.29 is 14.0 Å². The summed E-state index contributed by atoms with van der Waals surface area (Å²) in [6, 6.07) is 14.3. The van der Waals surface area contributed by atoms with Crippen molar-refractivity contribution in [1.29, 1.82) is 5.26 Å². The average Bonchev–Trinajstić information content (AvgIpc) is 3.74. The molecule has 0 spiro atoms. The molecule has 2 fully saturated rings. The van der Waals surface area contributed by atoms with E-state index in [1.807, 2.05) is 72.9 Å². The van der Waals surface area contributed by atoms with E-state index in [-0.39, 0.29) is 6.29 Å². The van der Waals surface area contributed by atoms with Crippen LogP contribution in [0.3, 0.4) is 0 Å². The van der Waals surface area contributed by atoms with Gasteiger partial charge in [0.15, 0.2) is 11.9 Å².